The number of hydrogen-bond acceptors (Lipinski definition) is 6. The molecule has 2 N–H and O–H groups in total. The molecule has 1 saturated carbocycles. The van der Waals surface area contributed by atoms with Gasteiger partial charge in [-0.1, -0.05) is 49.0 Å². The topological polar surface area (TPSA) is 84.3 Å². The Hall–Kier alpha value is -4.40. The summed E-state index contributed by atoms with van der Waals surface area (Å²) in [6, 6.07) is 13.5. The van der Waals surface area contributed by atoms with Crippen LogP contribution in [-0.4, -0.2) is 46.0 Å². The summed E-state index contributed by atoms with van der Waals surface area (Å²) in [6.07, 6.45) is 4.80. The number of aromatic nitrogens is 3. The SMILES string of the molecule is C=C(OC)c1cnc(C(=O)Nc2cccc(-c3cccc(NC(=C)c4nc5c(n4C)CCN(C)C5)c3Cl)c2C)cc1C1CC1. The standard InChI is InChI=1S/C35H37ClN6O2/c1-20-24(9-7-11-28(20)40-35(43)30-17-26(23-13-14-23)27(18-37-30)22(3)44-6)25-10-8-12-29(33(25)36)38-21(2)34-39-31-19-41(4)16-15-32(31)42(34)5/h7-12,17-18,23,38H,2-3,13-16,19H2,1,4-6H3,(H,40,43). The smallest absolute Gasteiger partial charge is 0.274 e. The van der Waals surface area contributed by atoms with Crippen molar-refractivity contribution in [1.29, 1.82) is 0 Å². The van der Waals surface area contributed by atoms with Crippen molar-refractivity contribution in [1.82, 2.24) is 19.4 Å². The fraction of sp³-hybridized carbons (Fsp3) is 0.286. The van der Waals surface area contributed by atoms with Gasteiger partial charge in [0.1, 0.15) is 11.5 Å². The average Bonchev–Trinajstić information content (AvgIpc) is 3.82. The van der Waals surface area contributed by atoms with Crippen LogP contribution in [0.5, 0.6) is 0 Å². The molecule has 6 rings (SSSR count). The van der Waals surface area contributed by atoms with E-state index in [2.05, 4.69) is 45.3 Å². The van der Waals surface area contributed by atoms with E-state index in [-0.39, 0.29) is 5.91 Å². The third-order valence-electron chi connectivity index (χ3n) is 8.61. The van der Waals surface area contributed by atoms with Gasteiger partial charge in [0.25, 0.3) is 5.91 Å². The molecule has 1 fully saturated rings. The number of hydrogen-bond donors (Lipinski definition) is 2. The third kappa shape index (κ3) is 5.63. The molecule has 0 bridgehead atoms. The van der Waals surface area contributed by atoms with Gasteiger partial charge in [0, 0.05) is 55.3 Å². The first kappa shape index (κ1) is 29.7. The second kappa shape index (κ2) is 11.9. The van der Waals surface area contributed by atoms with Crippen molar-refractivity contribution in [2.24, 2.45) is 7.05 Å². The van der Waals surface area contributed by atoms with Crippen LogP contribution in [0.2, 0.25) is 5.02 Å². The number of anilines is 2. The summed E-state index contributed by atoms with van der Waals surface area (Å²) in [5.41, 5.74) is 9.34. The van der Waals surface area contributed by atoms with Gasteiger partial charge in [-0.3, -0.25) is 9.78 Å². The molecule has 9 heteroatoms. The van der Waals surface area contributed by atoms with E-state index < -0.39 is 0 Å². The number of nitrogens with zero attached hydrogens (tertiary/aromatic N) is 4. The molecule has 0 spiro atoms. The van der Waals surface area contributed by atoms with Crippen LogP contribution in [0, 0.1) is 6.92 Å². The summed E-state index contributed by atoms with van der Waals surface area (Å²) >= 11 is 7.01. The number of rotatable bonds is 9. The first-order valence-electron chi connectivity index (χ1n) is 14.8. The summed E-state index contributed by atoms with van der Waals surface area (Å²) in [5.74, 6) is 1.48. The molecule has 226 valence electrons. The van der Waals surface area contributed by atoms with Crippen molar-refractivity contribution >= 4 is 40.3 Å². The Morgan fingerprint density at radius 1 is 1.07 bits per heavy atom. The summed E-state index contributed by atoms with van der Waals surface area (Å²) < 4.78 is 7.47. The fourth-order valence-electron chi connectivity index (χ4n) is 5.90. The summed E-state index contributed by atoms with van der Waals surface area (Å²) in [6.45, 7) is 12.1. The van der Waals surface area contributed by atoms with Gasteiger partial charge in [-0.05, 0) is 67.6 Å². The van der Waals surface area contributed by atoms with Gasteiger partial charge in [0.15, 0.2) is 5.82 Å². The molecule has 0 atom stereocenters. The van der Waals surface area contributed by atoms with Crippen LogP contribution >= 0.6 is 11.6 Å². The molecular weight excluding hydrogens is 572 g/mol. The summed E-state index contributed by atoms with van der Waals surface area (Å²) in [7, 11) is 5.74. The number of fused-ring (bicyclic) bond motifs is 1. The zero-order valence-corrected chi connectivity index (χ0v) is 26.4. The Morgan fingerprint density at radius 2 is 1.80 bits per heavy atom. The minimum atomic E-state index is -0.275. The second-order valence-electron chi connectivity index (χ2n) is 11.6. The van der Waals surface area contributed by atoms with Crippen molar-refractivity contribution < 1.29 is 9.53 Å². The van der Waals surface area contributed by atoms with Gasteiger partial charge < -0.3 is 24.8 Å². The molecule has 44 heavy (non-hydrogen) atoms. The van der Waals surface area contributed by atoms with Crippen molar-refractivity contribution in [3.8, 4) is 11.1 Å². The molecule has 8 nitrogen and oxygen atoms in total. The number of ether oxygens (including phenoxy) is 1. The number of pyridine rings is 1. The Balaban J connectivity index is 1.24. The van der Waals surface area contributed by atoms with Crippen LogP contribution in [0.15, 0.2) is 61.8 Å². The second-order valence-corrected chi connectivity index (χ2v) is 12.0. The Labute approximate surface area is 263 Å². The van der Waals surface area contributed by atoms with Crippen molar-refractivity contribution in [2.75, 3.05) is 31.3 Å². The quantitative estimate of drug-likeness (QED) is 0.195. The lowest BCUT2D eigenvalue weighted by Crippen LogP contribution is -2.27. The fourth-order valence-corrected chi connectivity index (χ4v) is 6.18. The van der Waals surface area contributed by atoms with Gasteiger partial charge in [-0.25, -0.2) is 4.98 Å². The maximum absolute atomic E-state index is 13.4. The highest BCUT2D eigenvalue weighted by atomic mass is 35.5. The number of benzene rings is 2. The molecule has 1 aliphatic heterocycles. The van der Waals surface area contributed by atoms with Gasteiger partial charge >= 0.3 is 0 Å². The number of carbonyl (C=O) groups excluding carboxylic acids is 1. The number of carbonyl (C=O) groups is 1. The van der Waals surface area contributed by atoms with Gasteiger partial charge in [-0.15, -0.1) is 0 Å². The molecule has 0 radical (unpaired) electrons. The van der Waals surface area contributed by atoms with E-state index in [1.54, 1.807) is 13.3 Å². The molecule has 1 aliphatic carbocycles. The van der Waals surface area contributed by atoms with E-state index in [9.17, 15) is 4.79 Å². The predicted octanol–water partition coefficient (Wildman–Crippen LogP) is 7.26. The highest BCUT2D eigenvalue weighted by Gasteiger charge is 2.29. The first-order valence-corrected chi connectivity index (χ1v) is 15.2. The van der Waals surface area contributed by atoms with E-state index in [1.165, 1.54) is 5.69 Å². The number of imidazole rings is 1. The van der Waals surface area contributed by atoms with Crippen LogP contribution in [0.25, 0.3) is 22.6 Å². The van der Waals surface area contributed by atoms with E-state index in [4.69, 9.17) is 21.3 Å². The van der Waals surface area contributed by atoms with E-state index in [1.807, 2.05) is 56.4 Å². The molecule has 0 saturated heterocycles. The van der Waals surface area contributed by atoms with Crippen molar-refractivity contribution in [3.63, 3.8) is 0 Å². The number of amides is 1. The van der Waals surface area contributed by atoms with Crippen molar-refractivity contribution in [2.45, 2.75) is 38.6 Å². The lowest BCUT2D eigenvalue weighted by molar-refractivity contribution is 0.102. The van der Waals surface area contributed by atoms with Gasteiger partial charge in [-0.2, -0.15) is 0 Å². The molecule has 2 aliphatic rings. The molecule has 2 aromatic heterocycles. The number of likely N-dealkylation sites (N-methyl/N-ethyl adjacent to an activating group) is 1. The third-order valence-corrected chi connectivity index (χ3v) is 9.01. The Kier molecular flexibility index (Phi) is 8.05. The van der Waals surface area contributed by atoms with Crippen LogP contribution < -0.4 is 10.6 Å². The lowest BCUT2D eigenvalue weighted by atomic mass is 9.98. The highest BCUT2D eigenvalue weighted by Crippen LogP contribution is 2.43. The minimum absolute atomic E-state index is 0.275. The average molecular weight is 609 g/mol. The predicted molar refractivity (Wildman–Crippen MR) is 178 cm³/mol. The molecule has 3 heterocycles. The molecular formula is C35H37ClN6O2. The van der Waals surface area contributed by atoms with Gasteiger partial charge in [0.05, 0.1) is 29.2 Å². The van der Waals surface area contributed by atoms with E-state index >= 15 is 0 Å². The van der Waals surface area contributed by atoms with Crippen LogP contribution in [0.3, 0.4) is 0 Å². The maximum Gasteiger partial charge on any atom is 0.274 e. The number of halogens is 1. The molecule has 1 amide bonds. The molecule has 2 aromatic carbocycles. The van der Waals surface area contributed by atoms with Crippen LogP contribution in [0.1, 0.15) is 63.2 Å². The van der Waals surface area contributed by atoms with E-state index in [0.717, 1.165) is 77.4 Å². The zero-order valence-electron chi connectivity index (χ0n) is 25.6. The largest absolute Gasteiger partial charge is 0.497 e. The minimum Gasteiger partial charge on any atom is -0.497 e. The van der Waals surface area contributed by atoms with Crippen molar-refractivity contribution in [3.05, 3.63) is 106 Å². The zero-order chi connectivity index (χ0) is 31.1. The number of methoxy groups -OCH3 is 1. The first-order chi connectivity index (χ1) is 21.2. The van der Waals surface area contributed by atoms with Crippen LogP contribution in [-0.2, 0) is 24.8 Å². The summed E-state index contributed by atoms with van der Waals surface area (Å²) in [4.78, 5) is 25.0. The van der Waals surface area contributed by atoms with Crippen LogP contribution in [0.4, 0.5) is 11.4 Å². The monoisotopic (exact) mass is 608 g/mol. The Bertz CT molecular complexity index is 1810. The molecule has 0 unspecified atom stereocenters. The number of nitrogens with one attached hydrogen (secondary N) is 2. The maximum atomic E-state index is 13.4. The Morgan fingerprint density at radius 3 is 2.52 bits per heavy atom. The summed E-state index contributed by atoms with van der Waals surface area (Å²) in [5, 5.41) is 7.03. The lowest BCUT2D eigenvalue weighted by Gasteiger charge is -2.21. The van der Waals surface area contributed by atoms with Gasteiger partial charge in [0.2, 0.25) is 0 Å². The highest BCUT2D eigenvalue weighted by molar-refractivity contribution is 6.36. The van der Waals surface area contributed by atoms with E-state index in [0.29, 0.717) is 33.8 Å². The molecule has 4 aromatic rings. The normalized spacial score (nSPS) is 14.6.